The highest BCUT2D eigenvalue weighted by atomic mass is 16.2. The number of piperidine rings is 1. The van der Waals surface area contributed by atoms with Crippen LogP contribution in [0.4, 0.5) is 16.2 Å². The van der Waals surface area contributed by atoms with Crippen molar-refractivity contribution < 1.29 is 19.2 Å². The van der Waals surface area contributed by atoms with Gasteiger partial charge in [-0.1, -0.05) is 0 Å². The number of fused-ring (bicyclic) bond motifs is 2. The van der Waals surface area contributed by atoms with Crippen molar-refractivity contribution in [2.24, 2.45) is 0 Å². The number of pyridine rings is 1. The molecule has 2 N–H and O–H groups in total. The highest BCUT2D eigenvalue weighted by Crippen LogP contribution is 2.31. The molecule has 2 aromatic rings. The lowest BCUT2D eigenvalue weighted by Crippen LogP contribution is -2.52. The van der Waals surface area contributed by atoms with Crippen LogP contribution in [0.3, 0.4) is 0 Å². The summed E-state index contributed by atoms with van der Waals surface area (Å²) in [7, 11) is 0. The van der Waals surface area contributed by atoms with Gasteiger partial charge in [-0.05, 0) is 48.2 Å². The van der Waals surface area contributed by atoms with Crippen molar-refractivity contribution in [1.82, 2.24) is 15.2 Å². The van der Waals surface area contributed by atoms with Gasteiger partial charge in [0, 0.05) is 43.2 Å². The first kappa shape index (κ1) is 18.3. The van der Waals surface area contributed by atoms with Crippen LogP contribution in [0.25, 0.3) is 0 Å². The van der Waals surface area contributed by atoms with Crippen LogP contribution in [-0.2, 0) is 22.6 Å². The molecule has 1 atom stereocenters. The van der Waals surface area contributed by atoms with E-state index in [-0.39, 0.29) is 30.8 Å². The molecule has 1 aromatic heterocycles. The second kappa shape index (κ2) is 6.94. The number of hydrogen-bond acceptors (Lipinski definition) is 5. The van der Waals surface area contributed by atoms with Gasteiger partial charge in [0.2, 0.25) is 11.8 Å². The van der Waals surface area contributed by atoms with E-state index in [9.17, 15) is 19.2 Å². The average molecular weight is 405 g/mol. The average Bonchev–Trinajstić information content (AvgIpc) is 3.29. The highest BCUT2D eigenvalue weighted by molar-refractivity contribution is 6.06. The predicted molar refractivity (Wildman–Crippen MR) is 107 cm³/mol. The number of carbonyl (C=O) groups is 4. The van der Waals surface area contributed by atoms with E-state index in [0.717, 1.165) is 23.2 Å². The molecule has 5 rings (SSSR count). The second-order valence-electron chi connectivity index (χ2n) is 7.61. The van der Waals surface area contributed by atoms with Crippen LogP contribution < -0.4 is 15.5 Å². The molecule has 9 nitrogen and oxygen atoms in total. The smallest absolute Gasteiger partial charge is 0.322 e. The maximum atomic E-state index is 12.8. The Morgan fingerprint density at radius 2 is 2.00 bits per heavy atom. The van der Waals surface area contributed by atoms with Gasteiger partial charge >= 0.3 is 6.03 Å². The number of imide groups is 1. The van der Waals surface area contributed by atoms with Gasteiger partial charge in [0.15, 0.2) is 0 Å². The minimum atomic E-state index is -0.657. The molecule has 0 radical (unpaired) electrons. The molecule has 1 fully saturated rings. The topological polar surface area (TPSA) is 112 Å². The number of benzene rings is 1. The van der Waals surface area contributed by atoms with E-state index in [0.29, 0.717) is 24.2 Å². The van der Waals surface area contributed by atoms with Gasteiger partial charge in [0.1, 0.15) is 6.04 Å². The van der Waals surface area contributed by atoms with Gasteiger partial charge in [0.05, 0.1) is 5.69 Å². The van der Waals surface area contributed by atoms with E-state index in [1.165, 1.54) is 4.90 Å². The minimum absolute atomic E-state index is 0.213. The molecule has 0 spiro atoms. The Bertz CT molecular complexity index is 1100. The first-order valence-corrected chi connectivity index (χ1v) is 9.80. The summed E-state index contributed by atoms with van der Waals surface area (Å²) in [6, 6.07) is 6.04. The largest absolute Gasteiger partial charge is 0.326 e. The van der Waals surface area contributed by atoms with Crippen molar-refractivity contribution in [1.29, 1.82) is 0 Å². The minimum Gasteiger partial charge on any atom is -0.322 e. The van der Waals surface area contributed by atoms with Crippen LogP contribution >= 0.6 is 0 Å². The number of amides is 5. The summed E-state index contributed by atoms with van der Waals surface area (Å²) in [5, 5.41) is 5.18. The summed E-state index contributed by atoms with van der Waals surface area (Å²) in [4.78, 5) is 56.3. The predicted octanol–water partition coefficient (Wildman–Crippen LogP) is 1.44. The lowest BCUT2D eigenvalue weighted by molar-refractivity contribution is -0.136. The number of anilines is 2. The lowest BCUT2D eigenvalue weighted by atomic mass is 10.0. The molecule has 3 aliphatic heterocycles. The zero-order valence-corrected chi connectivity index (χ0v) is 16.1. The number of aromatic nitrogens is 1. The summed E-state index contributed by atoms with van der Waals surface area (Å²) in [6.45, 7) is 0.849. The van der Waals surface area contributed by atoms with Crippen LogP contribution in [0.1, 0.15) is 34.3 Å². The van der Waals surface area contributed by atoms with Gasteiger partial charge in [-0.3, -0.25) is 29.6 Å². The van der Waals surface area contributed by atoms with Gasteiger partial charge in [0.25, 0.3) is 5.91 Å². The van der Waals surface area contributed by atoms with Crippen molar-refractivity contribution in [3.05, 3.63) is 53.3 Å². The van der Waals surface area contributed by atoms with Crippen molar-refractivity contribution in [3.8, 4) is 0 Å². The number of hydrogen-bond donors (Lipinski definition) is 2. The van der Waals surface area contributed by atoms with E-state index < -0.39 is 11.9 Å². The fourth-order valence-corrected chi connectivity index (χ4v) is 4.28. The van der Waals surface area contributed by atoms with Crippen LogP contribution in [0.5, 0.6) is 0 Å². The number of urea groups is 1. The monoisotopic (exact) mass is 405 g/mol. The summed E-state index contributed by atoms with van der Waals surface area (Å²) < 4.78 is 0. The Morgan fingerprint density at radius 3 is 2.83 bits per heavy atom. The first-order chi connectivity index (χ1) is 14.5. The fourth-order valence-electron chi connectivity index (χ4n) is 4.28. The van der Waals surface area contributed by atoms with E-state index in [1.54, 1.807) is 35.5 Å². The Hall–Kier alpha value is -3.75. The highest BCUT2D eigenvalue weighted by Gasteiger charge is 2.39. The van der Waals surface area contributed by atoms with Crippen LogP contribution in [0.15, 0.2) is 36.7 Å². The van der Waals surface area contributed by atoms with Crippen molar-refractivity contribution in [2.45, 2.75) is 31.8 Å². The Morgan fingerprint density at radius 1 is 1.13 bits per heavy atom. The molecular weight excluding hydrogens is 386 g/mol. The van der Waals surface area contributed by atoms with Gasteiger partial charge < -0.3 is 10.2 Å². The third-order valence-corrected chi connectivity index (χ3v) is 5.79. The number of rotatable bonds is 2. The molecule has 1 unspecified atom stereocenters. The molecule has 0 saturated carbocycles. The van der Waals surface area contributed by atoms with Crippen LogP contribution in [0.2, 0.25) is 0 Å². The standard InChI is InChI=1S/C21H19N5O4/c27-18-4-3-17(19(28)24-18)26-11-13-9-14(1-2-15(13)20(26)29)23-21(30)25-8-6-12-10-22-7-5-16(12)25/h1-2,5,7,9-10,17H,3-4,6,8,11H2,(H,23,30)(H,24,27,28). The fraction of sp³-hybridized carbons (Fsp3) is 0.286. The molecule has 0 bridgehead atoms. The summed E-state index contributed by atoms with van der Waals surface area (Å²) in [6.07, 6.45) is 4.72. The number of nitrogens with zero attached hydrogens (tertiary/aromatic N) is 3. The van der Waals surface area contributed by atoms with Crippen molar-refractivity contribution >= 4 is 35.1 Å². The molecule has 1 aromatic carbocycles. The maximum absolute atomic E-state index is 12.8. The molecule has 0 aliphatic carbocycles. The quantitative estimate of drug-likeness (QED) is 0.735. The second-order valence-corrected chi connectivity index (χ2v) is 7.61. The molecule has 3 aliphatic rings. The van der Waals surface area contributed by atoms with E-state index in [2.05, 4.69) is 15.6 Å². The van der Waals surface area contributed by atoms with Crippen LogP contribution in [0, 0.1) is 0 Å². The third-order valence-electron chi connectivity index (χ3n) is 5.79. The normalized spacial score (nSPS) is 20.1. The molecule has 30 heavy (non-hydrogen) atoms. The summed E-state index contributed by atoms with van der Waals surface area (Å²) >= 11 is 0. The Balaban J connectivity index is 1.32. The zero-order chi connectivity index (χ0) is 20.8. The van der Waals surface area contributed by atoms with E-state index in [4.69, 9.17) is 0 Å². The van der Waals surface area contributed by atoms with Crippen molar-refractivity contribution in [2.75, 3.05) is 16.8 Å². The zero-order valence-electron chi connectivity index (χ0n) is 16.1. The molecule has 9 heteroatoms. The van der Waals surface area contributed by atoms with Gasteiger partial charge in [-0.2, -0.15) is 0 Å². The third kappa shape index (κ3) is 2.99. The summed E-state index contributed by atoms with van der Waals surface area (Å²) in [5.41, 5.74) is 3.72. The van der Waals surface area contributed by atoms with Crippen molar-refractivity contribution in [3.63, 3.8) is 0 Å². The molecule has 152 valence electrons. The number of carbonyl (C=O) groups excluding carboxylic acids is 4. The van der Waals surface area contributed by atoms with E-state index >= 15 is 0 Å². The first-order valence-electron chi connectivity index (χ1n) is 9.80. The molecule has 1 saturated heterocycles. The van der Waals surface area contributed by atoms with E-state index in [1.807, 2.05) is 6.07 Å². The Kier molecular flexibility index (Phi) is 4.23. The molecule has 5 amide bonds. The lowest BCUT2D eigenvalue weighted by Gasteiger charge is -2.29. The van der Waals surface area contributed by atoms with Gasteiger partial charge in [-0.25, -0.2) is 4.79 Å². The Labute approximate surface area is 172 Å². The molecular formula is C21H19N5O4. The maximum Gasteiger partial charge on any atom is 0.326 e. The van der Waals surface area contributed by atoms with Gasteiger partial charge in [-0.15, -0.1) is 0 Å². The number of nitrogens with one attached hydrogen (secondary N) is 2. The van der Waals surface area contributed by atoms with Crippen LogP contribution in [-0.4, -0.2) is 46.2 Å². The molecule has 4 heterocycles. The summed E-state index contributed by atoms with van der Waals surface area (Å²) in [5.74, 6) is -0.994. The SMILES string of the molecule is O=C1CCC(N2Cc3cc(NC(=O)N4CCc5cnccc54)ccc3C2=O)C(=O)N1.